The summed E-state index contributed by atoms with van der Waals surface area (Å²) < 4.78 is 5.03. The van der Waals surface area contributed by atoms with Crippen molar-refractivity contribution >= 4 is 23.5 Å². The molecule has 0 saturated carbocycles. The van der Waals surface area contributed by atoms with E-state index in [0.29, 0.717) is 11.3 Å². The van der Waals surface area contributed by atoms with Gasteiger partial charge in [-0.3, -0.25) is 9.59 Å². The van der Waals surface area contributed by atoms with Crippen molar-refractivity contribution in [2.75, 3.05) is 11.5 Å². The van der Waals surface area contributed by atoms with Gasteiger partial charge in [-0.1, -0.05) is 48.5 Å². The molecule has 0 spiro atoms. The third kappa shape index (κ3) is 2.42. The number of benzene rings is 3. The van der Waals surface area contributed by atoms with Crippen molar-refractivity contribution in [3.05, 3.63) is 101 Å². The number of hydrogen-bond acceptors (Lipinski definition) is 4. The number of nitrogens with zero attached hydrogens (tertiary/aromatic N) is 1. The molecule has 0 N–H and O–H groups in total. The van der Waals surface area contributed by atoms with Crippen molar-refractivity contribution < 1.29 is 19.1 Å². The van der Waals surface area contributed by atoms with Gasteiger partial charge in [0, 0.05) is 11.8 Å². The van der Waals surface area contributed by atoms with Crippen LogP contribution in [0.4, 0.5) is 5.69 Å². The summed E-state index contributed by atoms with van der Waals surface area (Å²) in [5.74, 6) is -1.83. The Kier molecular flexibility index (Phi) is 4.09. The molecular formula is C27H21NO4. The van der Waals surface area contributed by atoms with E-state index in [1.807, 2.05) is 24.3 Å². The van der Waals surface area contributed by atoms with E-state index in [0.717, 1.165) is 22.3 Å². The molecule has 3 aliphatic carbocycles. The highest BCUT2D eigenvalue weighted by atomic mass is 16.5. The Balaban J connectivity index is 1.44. The Hall–Kier alpha value is -3.73. The number of carbonyl (C=O) groups is 3. The maximum atomic E-state index is 13.7. The van der Waals surface area contributed by atoms with Gasteiger partial charge in [-0.15, -0.1) is 0 Å². The van der Waals surface area contributed by atoms with Crippen LogP contribution in [0.2, 0.25) is 0 Å². The normalized spacial score (nSPS) is 24.7. The molecule has 2 atom stereocenters. The zero-order valence-electron chi connectivity index (χ0n) is 17.5. The molecular weight excluding hydrogens is 402 g/mol. The van der Waals surface area contributed by atoms with Crippen molar-refractivity contribution in [2.45, 2.75) is 18.8 Å². The smallest absolute Gasteiger partial charge is 0.338 e. The summed E-state index contributed by atoms with van der Waals surface area (Å²) in [7, 11) is 0. The summed E-state index contributed by atoms with van der Waals surface area (Å²) >= 11 is 0. The van der Waals surface area contributed by atoms with Crippen LogP contribution in [0, 0.1) is 11.8 Å². The Bertz CT molecular complexity index is 1160. The Labute approximate surface area is 185 Å². The first-order valence-corrected chi connectivity index (χ1v) is 10.9. The third-order valence-corrected chi connectivity index (χ3v) is 7.09. The molecule has 5 nitrogen and oxygen atoms in total. The van der Waals surface area contributed by atoms with Gasteiger partial charge in [0.25, 0.3) is 0 Å². The summed E-state index contributed by atoms with van der Waals surface area (Å²) in [4.78, 5) is 40.7. The Morgan fingerprint density at radius 1 is 0.750 bits per heavy atom. The van der Waals surface area contributed by atoms with E-state index in [4.69, 9.17) is 4.74 Å². The van der Waals surface area contributed by atoms with Crippen LogP contribution in [0.5, 0.6) is 0 Å². The first kappa shape index (κ1) is 19.0. The first-order valence-electron chi connectivity index (χ1n) is 10.9. The molecule has 2 bridgehead atoms. The van der Waals surface area contributed by atoms with Gasteiger partial charge in [-0.25, -0.2) is 9.69 Å². The molecule has 2 amide bonds. The van der Waals surface area contributed by atoms with E-state index in [9.17, 15) is 14.4 Å². The van der Waals surface area contributed by atoms with Crippen molar-refractivity contribution in [1.29, 1.82) is 0 Å². The minimum absolute atomic E-state index is 0.127. The molecule has 158 valence electrons. The van der Waals surface area contributed by atoms with Gasteiger partial charge in [0.05, 0.1) is 29.7 Å². The molecule has 3 aromatic carbocycles. The number of rotatable bonds is 3. The fraction of sp³-hybridized carbons (Fsp3) is 0.222. The summed E-state index contributed by atoms with van der Waals surface area (Å²) in [6.07, 6.45) is 0. The summed E-state index contributed by atoms with van der Waals surface area (Å²) in [5, 5.41) is 0. The summed E-state index contributed by atoms with van der Waals surface area (Å²) in [6, 6.07) is 22.9. The van der Waals surface area contributed by atoms with Crippen LogP contribution in [-0.4, -0.2) is 24.4 Å². The number of amides is 2. The fourth-order valence-corrected chi connectivity index (χ4v) is 5.89. The summed E-state index contributed by atoms with van der Waals surface area (Å²) in [6.45, 7) is 2.04. The van der Waals surface area contributed by atoms with Crippen LogP contribution in [0.1, 0.15) is 51.4 Å². The van der Waals surface area contributed by atoms with E-state index in [-0.39, 0.29) is 30.3 Å². The predicted octanol–water partition coefficient (Wildman–Crippen LogP) is 4.26. The van der Waals surface area contributed by atoms with Gasteiger partial charge in [0.1, 0.15) is 0 Å². The van der Waals surface area contributed by atoms with E-state index >= 15 is 0 Å². The van der Waals surface area contributed by atoms with Crippen molar-refractivity contribution in [3.63, 3.8) is 0 Å². The second-order valence-electron chi connectivity index (χ2n) is 8.54. The summed E-state index contributed by atoms with van der Waals surface area (Å²) in [5.41, 5.74) is 5.49. The second-order valence-corrected chi connectivity index (χ2v) is 8.54. The highest BCUT2D eigenvalue weighted by Crippen LogP contribution is 2.61. The molecule has 32 heavy (non-hydrogen) atoms. The second kappa shape index (κ2) is 6.89. The van der Waals surface area contributed by atoms with Crippen LogP contribution in [0.25, 0.3) is 0 Å². The van der Waals surface area contributed by atoms with Crippen molar-refractivity contribution in [3.8, 4) is 0 Å². The van der Waals surface area contributed by atoms with Gasteiger partial charge in [-0.05, 0) is 53.4 Å². The Morgan fingerprint density at radius 3 is 1.59 bits per heavy atom. The minimum Gasteiger partial charge on any atom is -0.462 e. The largest absolute Gasteiger partial charge is 0.462 e. The highest BCUT2D eigenvalue weighted by molar-refractivity contribution is 6.23. The van der Waals surface area contributed by atoms with E-state index in [1.54, 1.807) is 31.2 Å². The molecule has 1 heterocycles. The quantitative estimate of drug-likeness (QED) is 0.467. The third-order valence-electron chi connectivity index (χ3n) is 7.09. The van der Waals surface area contributed by atoms with Crippen LogP contribution in [-0.2, 0) is 14.3 Å². The maximum Gasteiger partial charge on any atom is 0.338 e. The van der Waals surface area contributed by atoms with Crippen molar-refractivity contribution in [1.82, 2.24) is 0 Å². The standard InChI is InChI=1S/C27H21NO4/c1-2-32-27(31)15-11-13-16(14-12-15)28-25(29)23-21-17-7-3-4-8-18(17)22(24(23)26(28)30)20-10-6-5-9-19(20)21/h3-14,21-24H,2H2,1H3/t21?,22?,23-,24-/m0/s1. The van der Waals surface area contributed by atoms with Gasteiger partial charge < -0.3 is 4.74 Å². The lowest BCUT2D eigenvalue weighted by Crippen LogP contribution is -2.41. The lowest BCUT2D eigenvalue weighted by Gasteiger charge is -2.45. The predicted molar refractivity (Wildman–Crippen MR) is 118 cm³/mol. The molecule has 7 rings (SSSR count). The molecule has 3 aromatic rings. The maximum absolute atomic E-state index is 13.7. The molecule has 1 saturated heterocycles. The topological polar surface area (TPSA) is 63.7 Å². The Morgan fingerprint density at radius 2 is 1.19 bits per heavy atom. The number of esters is 1. The molecule has 0 radical (unpaired) electrons. The lowest BCUT2D eigenvalue weighted by atomic mass is 9.55. The minimum atomic E-state index is -0.421. The van der Waals surface area contributed by atoms with Gasteiger partial charge in [-0.2, -0.15) is 0 Å². The van der Waals surface area contributed by atoms with E-state index in [1.165, 1.54) is 4.90 Å². The number of ether oxygens (including phenoxy) is 1. The number of hydrogen-bond donors (Lipinski definition) is 0. The number of imide groups is 1. The van der Waals surface area contributed by atoms with Crippen LogP contribution >= 0.6 is 0 Å². The highest BCUT2D eigenvalue weighted by Gasteiger charge is 2.61. The molecule has 1 aliphatic heterocycles. The van der Waals surface area contributed by atoms with Gasteiger partial charge >= 0.3 is 5.97 Å². The molecule has 0 unspecified atom stereocenters. The number of anilines is 1. The fourth-order valence-electron chi connectivity index (χ4n) is 5.89. The first-order chi connectivity index (χ1) is 15.6. The molecule has 5 heteroatoms. The lowest BCUT2D eigenvalue weighted by molar-refractivity contribution is -0.122. The molecule has 0 aromatic heterocycles. The SMILES string of the molecule is CCOC(=O)c1ccc(N2C(=O)[C@H]3C4c5ccccc5C(c5ccccc54)[C@@H]3C2=O)cc1. The van der Waals surface area contributed by atoms with Crippen molar-refractivity contribution in [2.24, 2.45) is 11.8 Å². The monoisotopic (exact) mass is 423 g/mol. The van der Waals surface area contributed by atoms with E-state index < -0.39 is 17.8 Å². The van der Waals surface area contributed by atoms with Crippen LogP contribution in [0.15, 0.2) is 72.8 Å². The average molecular weight is 423 g/mol. The molecule has 1 fully saturated rings. The number of carbonyl (C=O) groups excluding carboxylic acids is 3. The zero-order valence-corrected chi connectivity index (χ0v) is 17.5. The van der Waals surface area contributed by atoms with Crippen LogP contribution in [0.3, 0.4) is 0 Å². The van der Waals surface area contributed by atoms with E-state index in [2.05, 4.69) is 24.3 Å². The van der Waals surface area contributed by atoms with Crippen LogP contribution < -0.4 is 4.90 Å². The molecule has 4 aliphatic rings. The zero-order chi connectivity index (χ0) is 22.0. The van der Waals surface area contributed by atoms with Gasteiger partial charge in [0.15, 0.2) is 0 Å². The van der Waals surface area contributed by atoms with Gasteiger partial charge in [0.2, 0.25) is 11.8 Å². The average Bonchev–Trinajstić information content (AvgIpc) is 3.10.